The van der Waals surface area contributed by atoms with Gasteiger partial charge >= 0.3 is 0 Å². The molecule has 0 unspecified atom stereocenters. The molecule has 0 aliphatic rings. The molecule has 6 nitrogen and oxygen atoms in total. The van der Waals surface area contributed by atoms with Gasteiger partial charge in [-0.15, -0.1) is 0 Å². The number of benzene rings is 1. The first-order chi connectivity index (χ1) is 7.72. The maximum Gasteiger partial charge on any atom is 0.119 e. The van der Waals surface area contributed by atoms with Crippen molar-refractivity contribution in [3.05, 3.63) is 36.2 Å². The molecule has 0 bridgehead atoms. The summed E-state index contributed by atoms with van der Waals surface area (Å²) in [5.74, 6) is -0.860. The topological polar surface area (TPSA) is 80.1 Å². The summed E-state index contributed by atoms with van der Waals surface area (Å²) < 4.78 is 4.94. The molecule has 1 aromatic carbocycles. The van der Waals surface area contributed by atoms with Crippen LogP contribution in [0.1, 0.15) is 10.4 Å². The predicted octanol–water partition coefficient (Wildman–Crippen LogP) is -0.361. The number of rotatable bonds is 3. The summed E-state index contributed by atoms with van der Waals surface area (Å²) in [5, 5.41) is 18.7. The summed E-state index contributed by atoms with van der Waals surface area (Å²) in [7, 11) is 1.46. The van der Waals surface area contributed by atoms with E-state index in [1.807, 2.05) is 0 Å². The molecule has 0 amide bonds. The molecule has 0 spiro atoms. The summed E-state index contributed by atoms with van der Waals surface area (Å²) >= 11 is 0. The number of aromatic nitrogens is 3. The first kappa shape index (κ1) is 10.2. The number of ether oxygens (including phenoxy) is 1. The van der Waals surface area contributed by atoms with Crippen LogP contribution in [0.3, 0.4) is 0 Å². The summed E-state index contributed by atoms with van der Waals surface area (Å²) in [6.07, 6.45) is 2.92. The Bertz CT molecular complexity index is 508. The Labute approximate surface area is 91.1 Å². The Balaban J connectivity index is 2.57. The zero-order chi connectivity index (χ0) is 11.5. The Morgan fingerprint density at radius 2 is 2.06 bits per heavy atom. The van der Waals surface area contributed by atoms with Crippen molar-refractivity contribution in [3.63, 3.8) is 0 Å². The Morgan fingerprint density at radius 1 is 1.38 bits per heavy atom. The molecule has 0 N–H and O–H groups in total. The van der Waals surface area contributed by atoms with Crippen LogP contribution in [0.5, 0.6) is 5.75 Å². The van der Waals surface area contributed by atoms with Crippen molar-refractivity contribution in [1.82, 2.24) is 15.0 Å². The number of hydrogen-bond acceptors (Lipinski definition) is 5. The van der Waals surface area contributed by atoms with Crippen LogP contribution in [0.4, 0.5) is 0 Å². The molecule has 0 radical (unpaired) electrons. The minimum atomic E-state index is -1.30. The van der Waals surface area contributed by atoms with Gasteiger partial charge in [0.25, 0.3) is 0 Å². The van der Waals surface area contributed by atoms with Crippen LogP contribution in [0.25, 0.3) is 5.69 Å². The Hall–Kier alpha value is -2.37. The number of methoxy groups -OCH3 is 1. The molecular weight excluding hydrogens is 210 g/mol. The van der Waals surface area contributed by atoms with Crippen LogP contribution in [-0.4, -0.2) is 28.1 Å². The van der Waals surface area contributed by atoms with E-state index in [1.54, 1.807) is 12.1 Å². The number of nitrogens with zero attached hydrogens (tertiary/aromatic N) is 3. The van der Waals surface area contributed by atoms with Gasteiger partial charge in [-0.3, -0.25) is 0 Å². The number of hydrogen-bond donors (Lipinski definition) is 0. The molecule has 0 aliphatic carbocycles. The lowest BCUT2D eigenvalue weighted by molar-refractivity contribution is -0.255. The molecular formula is C10H8N3O3-. The largest absolute Gasteiger partial charge is 0.545 e. The van der Waals surface area contributed by atoms with Crippen molar-refractivity contribution in [1.29, 1.82) is 0 Å². The molecule has 6 heteroatoms. The van der Waals surface area contributed by atoms with E-state index in [-0.39, 0.29) is 5.56 Å². The fourth-order valence-corrected chi connectivity index (χ4v) is 1.32. The van der Waals surface area contributed by atoms with Gasteiger partial charge in [0.1, 0.15) is 5.75 Å². The van der Waals surface area contributed by atoms with Crippen molar-refractivity contribution in [2.24, 2.45) is 0 Å². The van der Waals surface area contributed by atoms with Crippen molar-refractivity contribution >= 4 is 5.97 Å². The summed E-state index contributed by atoms with van der Waals surface area (Å²) in [6.45, 7) is 0. The van der Waals surface area contributed by atoms with Crippen LogP contribution >= 0.6 is 0 Å². The molecule has 0 saturated heterocycles. The maximum atomic E-state index is 10.9. The maximum absolute atomic E-state index is 10.9. The zero-order valence-electron chi connectivity index (χ0n) is 8.45. The second-order valence-corrected chi connectivity index (χ2v) is 2.99. The van der Waals surface area contributed by atoms with Gasteiger partial charge in [-0.1, -0.05) is 0 Å². The van der Waals surface area contributed by atoms with Crippen LogP contribution < -0.4 is 9.84 Å². The first-order valence-corrected chi connectivity index (χ1v) is 4.48. The third kappa shape index (κ3) is 1.72. The Morgan fingerprint density at radius 3 is 2.62 bits per heavy atom. The van der Waals surface area contributed by atoms with E-state index in [4.69, 9.17) is 4.74 Å². The number of carbonyl (C=O) groups excluding carboxylic acids is 1. The van der Waals surface area contributed by atoms with Crippen molar-refractivity contribution in [2.45, 2.75) is 0 Å². The highest BCUT2D eigenvalue weighted by Crippen LogP contribution is 2.19. The van der Waals surface area contributed by atoms with E-state index in [0.29, 0.717) is 11.4 Å². The average Bonchev–Trinajstić information content (AvgIpc) is 2.81. The number of carbonyl (C=O) groups is 1. The molecule has 1 heterocycles. The van der Waals surface area contributed by atoms with E-state index >= 15 is 0 Å². The molecule has 0 saturated carbocycles. The highest BCUT2D eigenvalue weighted by atomic mass is 16.5. The standard InChI is InChI=1S/C10H9N3O3/c1-16-7-2-3-9(8(6-7)10(14)15)13-11-4-5-12-13/h2-6H,1H3,(H,14,15)/p-1. The molecule has 0 atom stereocenters. The van der Waals surface area contributed by atoms with Gasteiger partial charge in [-0.05, 0) is 18.2 Å². The second-order valence-electron chi connectivity index (χ2n) is 2.99. The number of carboxylic acids is 1. The molecule has 16 heavy (non-hydrogen) atoms. The third-order valence-corrected chi connectivity index (χ3v) is 2.06. The smallest absolute Gasteiger partial charge is 0.119 e. The molecule has 82 valence electrons. The average molecular weight is 218 g/mol. The predicted molar refractivity (Wildman–Crippen MR) is 52.2 cm³/mol. The van der Waals surface area contributed by atoms with E-state index < -0.39 is 5.97 Å². The molecule has 0 fully saturated rings. The highest BCUT2D eigenvalue weighted by molar-refractivity contribution is 5.90. The van der Waals surface area contributed by atoms with Gasteiger partial charge in [-0.2, -0.15) is 15.0 Å². The van der Waals surface area contributed by atoms with Crippen LogP contribution in [0.15, 0.2) is 30.6 Å². The monoisotopic (exact) mass is 218 g/mol. The SMILES string of the molecule is COc1ccc(-n2nccn2)c(C(=O)[O-])c1. The Kier molecular flexibility index (Phi) is 2.55. The molecule has 0 aliphatic heterocycles. The van der Waals surface area contributed by atoms with E-state index in [0.717, 1.165) is 0 Å². The fourth-order valence-electron chi connectivity index (χ4n) is 1.32. The van der Waals surface area contributed by atoms with Crippen molar-refractivity contribution in [2.75, 3.05) is 7.11 Å². The van der Waals surface area contributed by atoms with Gasteiger partial charge in [0.2, 0.25) is 0 Å². The lowest BCUT2D eigenvalue weighted by Crippen LogP contribution is -2.24. The first-order valence-electron chi connectivity index (χ1n) is 4.48. The van der Waals surface area contributed by atoms with Crippen LogP contribution in [-0.2, 0) is 0 Å². The fraction of sp³-hybridized carbons (Fsp3) is 0.100. The van der Waals surface area contributed by atoms with E-state index in [2.05, 4.69) is 10.2 Å². The summed E-state index contributed by atoms with van der Waals surface area (Å²) in [5.41, 5.74) is 0.321. The lowest BCUT2D eigenvalue weighted by atomic mass is 10.1. The molecule has 2 aromatic rings. The second kappa shape index (κ2) is 4.01. The zero-order valence-corrected chi connectivity index (χ0v) is 8.45. The lowest BCUT2D eigenvalue weighted by Gasteiger charge is -2.10. The van der Waals surface area contributed by atoms with Gasteiger partial charge in [-0.25, -0.2) is 0 Å². The van der Waals surface area contributed by atoms with E-state index in [9.17, 15) is 9.90 Å². The van der Waals surface area contributed by atoms with Gasteiger partial charge in [0.05, 0.1) is 31.2 Å². The summed E-state index contributed by atoms with van der Waals surface area (Å²) in [4.78, 5) is 12.2. The third-order valence-electron chi connectivity index (χ3n) is 2.06. The van der Waals surface area contributed by atoms with Crippen LogP contribution in [0.2, 0.25) is 0 Å². The summed E-state index contributed by atoms with van der Waals surface area (Å²) in [6, 6.07) is 4.56. The van der Waals surface area contributed by atoms with Crippen molar-refractivity contribution in [3.8, 4) is 11.4 Å². The normalized spacial score (nSPS) is 10.1. The number of carboxylic acid groups (broad SMARTS) is 1. The van der Waals surface area contributed by atoms with Gasteiger partial charge in [0.15, 0.2) is 0 Å². The van der Waals surface area contributed by atoms with Crippen molar-refractivity contribution < 1.29 is 14.6 Å². The minimum absolute atomic E-state index is 0.0180. The van der Waals surface area contributed by atoms with Gasteiger partial charge in [0, 0.05) is 5.56 Å². The number of aromatic carboxylic acids is 1. The van der Waals surface area contributed by atoms with Crippen LogP contribution in [0, 0.1) is 0 Å². The quantitative estimate of drug-likeness (QED) is 0.702. The van der Waals surface area contributed by atoms with Gasteiger partial charge < -0.3 is 14.6 Å². The molecule has 1 aromatic heterocycles. The molecule has 2 rings (SSSR count). The minimum Gasteiger partial charge on any atom is -0.545 e. The van der Waals surface area contributed by atoms with E-state index in [1.165, 1.54) is 30.4 Å². The highest BCUT2D eigenvalue weighted by Gasteiger charge is 2.08.